The number of rotatable bonds is 4. The first kappa shape index (κ1) is 10.5. The topological polar surface area (TPSA) is 73.3 Å². The Labute approximate surface area is 78.7 Å². The van der Waals surface area contributed by atoms with Crippen molar-refractivity contribution in [3.05, 3.63) is 0 Å². The number of amidine groups is 1. The second-order valence-electron chi connectivity index (χ2n) is 3.20. The Morgan fingerprint density at radius 3 is 2.77 bits per heavy atom. The van der Waals surface area contributed by atoms with Crippen molar-refractivity contribution in [1.82, 2.24) is 9.62 Å². The molecule has 0 unspecified atom stereocenters. The minimum atomic E-state index is -3.08. The van der Waals surface area contributed by atoms with E-state index in [1.807, 2.05) is 4.90 Å². The summed E-state index contributed by atoms with van der Waals surface area (Å²) in [6, 6.07) is 0. The van der Waals surface area contributed by atoms with E-state index in [0.717, 1.165) is 25.6 Å². The Bertz CT molecular complexity index is 286. The number of nitrogens with zero attached hydrogens (tertiary/aromatic N) is 1. The van der Waals surface area contributed by atoms with Crippen LogP contribution in [-0.2, 0) is 10.0 Å². The first-order valence-corrected chi connectivity index (χ1v) is 6.15. The summed E-state index contributed by atoms with van der Waals surface area (Å²) in [6.07, 6.45) is 2.97. The lowest BCUT2D eigenvalue weighted by Crippen LogP contribution is -2.34. The van der Waals surface area contributed by atoms with Gasteiger partial charge in [-0.25, -0.2) is 13.1 Å². The van der Waals surface area contributed by atoms with E-state index in [4.69, 9.17) is 5.41 Å². The summed E-state index contributed by atoms with van der Waals surface area (Å²) < 4.78 is 23.8. The predicted molar refractivity (Wildman–Crippen MR) is 51.4 cm³/mol. The maximum atomic E-state index is 10.7. The highest BCUT2D eigenvalue weighted by atomic mass is 32.2. The van der Waals surface area contributed by atoms with Gasteiger partial charge in [-0.15, -0.1) is 0 Å². The Kier molecular flexibility index (Phi) is 3.27. The summed E-state index contributed by atoms with van der Waals surface area (Å²) in [5.41, 5.74) is 0. The van der Waals surface area contributed by atoms with Crippen molar-refractivity contribution >= 4 is 15.9 Å². The Balaban J connectivity index is 2.23. The zero-order chi connectivity index (χ0) is 9.90. The van der Waals surface area contributed by atoms with Crippen LogP contribution in [0.4, 0.5) is 0 Å². The molecule has 0 aromatic heterocycles. The van der Waals surface area contributed by atoms with Crippen LogP contribution in [0.1, 0.15) is 12.8 Å². The van der Waals surface area contributed by atoms with Gasteiger partial charge in [-0.05, 0) is 6.42 Å². The zero-order valence-corrected chi connectivity index (χ0v) is 8.52. The highest BCUT2D eigenvalue weighted by Crippen LogP contribution is 2.08. The average Bonchev–Trinajstić information content (AvgIpc) is 2.34. The first-order chi connectivity index (χ1) is 5.99. The molecule has 13 heavy (non-hydrogen) atoms. The van der Waals surface area contributed by atoms with Gasteiger partial charge in [0, 0.05) is 26.1 Å². The molecule has 1 aliphatic rings. The van der Waals surface area contributed by atoms with Gasteiger partial charge in [0.15, 0.2) is 0 Å². The molecule has 6 heteroatoms. The maximum Gasteiger partial charge on any atom is 0.208 e. The smallest absolute Gasteiger partial charge is 0.208 e. The number of hydrogen-bond acceptors (Lipinski definition) is 3. The van der Waals surface area contributed by atoms with Crippen molar-refractivity contribution in [3.8, 4) is 0 Å². The van der Waals surface area contributed by atoms with E-state index in [1.54, 1.807) is 0 Å². The molecule has 1 saturated heterocycles. The quantitative estimate of drug-likeness (QED) is 0.656. The SMILES string of the molecule is CS(=O)(=O)NCCN1CCCC1=N. The molecular weight excluding hydrogens is 190 g/mol. The van der Waals surface area contributed by atoms with Crippen LogP contribution in [0.25, 0.3) is 0 Å². The molecular formula is C7H15N3O2S. The molecule has 76 valence electrons. The molecule has 1 heterocycles. The van der Waals surface area contributed by atoms with E-state index in [9.17, 15) is 8.42 Å². The second kappa shape index (κ2) is 4.06. The predicted octanol–water partition coefficient (Wildman–Crippen LogP) is -0.391. The highest BCUT2D eigenvalue weighted by molar-refractivity contribution is 7.88. The lowest BCUT2D eigenvalue weighted by Gasteiger charge is -2.17. The van der Waals surface area contributed by atoms with Crippen molar-refractivity contribution in [2.24, 2.45) is 0 Å². The molecule has 0 aromatic carbocycles. The summed E-state index contributed by atoms with van der Waals surface area (Å²) in [4.78, 5) is 1.90. The van der Waals surface area contributed by atoms with Gasteiger partial charge in [-0.2, -0.15) is 0 Å². The molecule has 0 amide bonds. The molecule has 1 rings (SSSR count). The standard InChI is InChI=1S/C7H15N3O2S/c1-13(11,12)9-4-6-10-5-2-3-7(10)8/h8-9H,2-6H2,1H3. The molecule has 0 atom stereocenters. The Morgan fingerprint density at radius 2 is 2.31 bits per heavy atom. The molecule has 0 saturated carbocycles. The molecule has 0 radical (unpaired) electrons. The zero-order valence-electron chi connectivity index (χ0n) is 7.71. The molecule has 1 aliphatic heterocycles. The molecule has 0 aliphatic carbocycles. The van der Waals surface area contributed by atoms with Crippen molar-refractivity contribution < 1.29 is 8.42 Å². The molecule has 0 aromatic rings. The van der Waals surface area contributed by atoms with Crippen LogP contribution in [-0.4, -0.2) is 45.0 Å². The lowest BCUT2D eigenvalue weighted by atomic mass is 10.4. The van der Waals surface area contributed by atoms with Gasteiger partial charge in [0.25, 0.3) is 0 Å². The fourth-order valence-corrected chi connectivity index (χ4v) is 1.81. The van der Waals surface area contributed by atoms with Crippen molar-refractivity contribution in [2.75, 3.05) is 25.9 Å². The van der Waals surface area contributed by atoms with Crippen LogP contribution in [0.3, 0.4) is 0 Å². The fraction of sp³-hybridized carbons (Fsp3) is 0.857. The molecule has 0 spiro atoms. The number of nitrogens with one attached hydrogen (secondary N) is 2. The number of likely N-dealkylation sites (tertiary alicyclic amines) is 1. The second-order valence-corrected chi connectivity index (χ2v) is 5.04. The minimum absolute atomic E-state index is 0.390. The summed E-state index contributed by atoms with van der Waals surface area (Å²) in [7, 11) is -3.08. The lowest BCUT2D eigenvalue weighted by molar-refractivity contribution is 0.452. The van der Waals surface area contributed by atoms with Gasteiger partial charge < -0.3 is 4.90 Å². The monoisotopic (exact) mass is 205 g/mol. The van der Waals surface area contributed by atoms with Gasteiger partial charge in [0.2, 0.25) is 10.0 Å². The van der Waals surface area contributed by atoms with Crippen LogP contribution in [0.5, 0.6) is 0 Å². The molecule has 5 nitrogen and oxygen atoms in total. The minimum Gasteiger partial charge on any atom is -0.359 e. The van der Waals surface area contributed by atoms with Crippen molar-refractivity contribution in [2.45, 2.75) is 12.8 Å². The Morgan fingerprint density at radius 1 is 1.62 bits per heavy atom. The van der Waals surface area contributed by atoms with E-state index in [2.05, 4.69) is 4.72 Å². The van der Waals surface area contributed by atoms with Crippen LogP contribution in [0.15, 0.2) is 0 Å². The van der Waals surface area contributed by atoms with Gasteiger partial charge in [0.1, 0.15) is 0 Å². The van der Waals surface area contributed by atoms with E-state index >= 15 is 0 Å². The molecule has 0 bridgehead atoms. The third-order valence-electron chi connectivity index (χ3n) is 1.97. The summed E-state index contributed by atoms with van der Waals surface area (Å²) in [6.45, 7) is 1.87. The van der Waals surface area contributed by atoms with E-state index < -0.39 is 10.0 Å². The van der Waals surface area contributed by atoms with Crippen LogP contribution >= 0.6 is 0 Å². The summed E-state index contributed by atoms with van der Waals surface area (Å²) in [5.74, 6) is 0.621. The summed E-state index contributed by atoms with van der Waals surface area (Å²) >= 11 is 0. The number of hydrogen-bond donors (Lipinski definition) is 2. The largest absolute Gasteiger partial charge is 0.359 e. The normalized spacial score (nSPS) is 18.2. The highest BCUT2D eigenvalue weighted by Gasteiger charge is 2.16. The fourth-order valence-electron chi connectivity index (χ4n) is 1.34. The molecule has 1 fully saturated rings. The van der Waals surface area contributed by atoms with Crippen molar-refractivity contribution in [3.63, 3.8) is 0 Å². The molecule has 2 N–H and O–H groups in total. The van der Waals surface area contributed by atoms with E-state index in [-0.39, 0.29) is 0 Å². The van der Waals surface area contributed by atoms with Crippen molar-refractivity contribution in [1.29, 1.82) is 5.41 Å². The van der Waals surface area contributed by atoms with Crippen LogP contribution < -0.4 is 4.72 Å². The average molecular weight is 205 g/mol. The third-order valence-corrected chi connectivity index (χ3v) is 2.70. The van der Waals surface area contributed by atoms with Gasteiger partial charge in [-0.1, -0.05) is 0 Å². The van der Waals surface area contributed by atoms with Gasteiger partial charge in [-0.3, -0.25) is 5.41 Å². The Hall–Kier alpha value is -0.620. The third kappa shape index (κ3) is 3.73. The van der Waals surface area contributed by atoms with E-state index in [0.29, 0.717) is 18.9 Å². The summed E-state index contributed by atoms with van der Waals surface area (Å²) in [5, 5.41) is 7.49. The van der Waals surface area contributed by atoms with Crippen LogP contribution in [0, 0.1) is 5.41 Å². The number of sulfonamides is 1. The van der Waals surface area contributed by atoms with E-state index in [1.165, 1.54) is 0 Å². The first-order valence-electron chi connectivity index (χ1n) is 4.26. The maximum absolute atomic E-state index is 10.7. The van der Waals surface area contributed by atoms with Gasteiger partial charge in [0.05, 0.1) is 12.1 Å². The van der Waals surface area contributed by atoms with Gasteiger partial charge >= 0.3 is 0 Å². The van der Waals surface area contributed by atoms with Crippen LogP contribution in [0.2, 0.25) is 0 Å².